The first kappa shape index (κ1) is 12.7. The molecule has 0 heterocycles. The molecule has 0 bridgehead atoms. The van der Waals surface area contributed by atoms with Gasteiger partial charge in [0.25, 0.3) is 0 Å². The zero-order valence-electron chi connectivity index (χ0n) is 7.85. The van der Waals surface area contributed by atoms with Gasteiger partial charge in [0.05, 0.1) is 0 Å². The predicted molar refractivity (Wildman–Crippen MR) is 53.5 cm³/mol. The van der Waals surface area contributed by atoms with Crippen LogP contribution >= 0.6 is 11.8 Å². The van der Waals surface area contributed by atoms with Crippen LogP contribution in [-0.2, 0) is 0 Å². The topological polar surface area (TPSA) is 0 Å². The monoisotopic (exact) mass is 160 g/mol. The first-order valence-electron chi connectivity index (χ1n) is 4.05. The Kier molecular flexibility index (Phi) is 15.1. The second kappa shape index (κ2) is 11.8. The molecule has 0 spiro atoms. The average molecular weight is 160 g/mol. The van der Waals surface area contributed by atoms with E-state index < -0.39 is 0 Å². The molecule has 1 heteroatoms. The van der Waals surface area contributed by atoms with Crippen molar-refractivity contribution in [2.24, 2.45) is 5.92 Å². The van der Waals surface area contributed by atoms with Crippen LogP contribution in [0.15, 0.2) is 11.5 Å². The fraction of sp³-hybridized carbons (Fsp3) is 0.778. The minimum Gasteiger partial charge on any atom is -0.135 e. The lowest BCUT2D eigenvalue weighted by Gasteiger charge is -1.90. The van der Waals surface area contributed by atoms with E-state index in [0.717, 1.165) is 0 Å². The van der Waals surface area contributed by atoms with Gasteiger partial charge in [0.1, 0.15) is 0 Å². The van der Waals surface area contributed by atoms with E-state index in [9.17, 15) is 0 Å². The molecule has 0 aliphatic carbocycles. The highest BCUT2D eigenvalue weighted by atomic mass is 32.2. The Bertz CT molecular complexity index is 65.1. The van der Waals surface area contributed by atoms with Gasteiger partial charge in [-0.2, -0.15) is 0 Å². The lowest BCUT2D eigenvalue weighted by molar-refractivity contribution is 0.834. The molecule has 0 nitrogen and oxygen atoms in total. The molecule has 0 saturated carbocycles. The van der Waals surface area contributed by atoms with Crippen molar-refractivity contribution < 1.29 is 0 Å². The minimum atomic E-state index is 0.703. The molecule has 0 fully saturated rings. The van der Waals surface area contributed by atoms with E-state index in [0.29, 0.717) is 5.92 Å². The highest BCUT2D eigenvalue weighted by Crippen LogP contribution is 2.03. The molecule has 0 aliphatic rings. The normalized spacial score (nSPS) is 9.80. The summed E-state index contributed by atoms with van der Waals surface area (Å²) in [6.07, 6.45) is 2.22. The summed E-state index contributed by atoms with van der Waals surface area (Å²) in [6.45, 7) is 10.5. The van der Waals surface area contributed by atoms with Crippen LogP contribution in [0.4, 0.5) is 0 Å². The van der Waals surface area contributed by atoms with Gasteiger partial charge in [-0.1, -0.05) is 40.7 Å². The van der Waals surface area contributed by atoms with Gasteiger partial charge < -0.3 is 0 Å². The number of hydrogen-bond acceptors (Lipinski definition) is 1. The van der Waals surface area contributed by atoms with E-state index in [2.05, 4.69) is 32.3 Å². The van der Waals surface area contributed by atoms with Crippen LogP contribution in [-0.4, -0.2) is 5.75 Å². The van der Waals surface area contributed by atoms with Crippen LogP contribution in [0.5, 0.6) is 0 Å². The van der Waals surface area contributed by atoms with Crippen LogP contribution in [0.2, 0.25) is 0 Å². The SMILES string of the molecule is CC.CCSC=CC(C)C. The summed E-state index contributed by atoms with van der Waals surface area (Å²) in [5.74, 6) is 1.89. The number of allylic oxidation sites excluding steroid dienone is 1. The quantitative estimate of drug-likeness (QED) is 0.602. The Hall–Kier alpha value is 0.0900. The highest BCUT2D eigenvalue weighted by molar-refractivity contribution is 8.02. The second-order valence-electron chi connectivity index (χ2n) is 2.03. The fourth-order valence-electron chi connectivity index (χ4n) is 0.309. The van der Waals surface area contributed by atoms with Crippen LogP contribution in [0.1, 0.15) is 34.6 Å². The molecular weight excluding hydrogens is 140 g/mol. The molecule has 0 aliphatic heterocycles. The molecule has 62 valence electrons. The summed E-state index contributed by atoms with van der Waals surface area (Å²) in [5, 5.41) is 2.17. The van der Waals surface area contributed by atoms with Gasteiger partial charge in [-0.25, -0.2) is 0 Å². The second-order valence-corrected chi connectivity index (χ2v) is 3.21. The Labute approximate surface area is 70.1 Å². The summed E-state index contributed by atoms with van der Waals surface area (Å²) in [4.78, 5) is 0. The first-order chi connectivity index (χ1) is 4.77. The highest BCUT2D eigenvalue weighted by Gasteiger charge is 1.80. The Morgan fingerprint density at radius 1 is 1.30 bits per heavy atom. The van der Waals surface area contributed by atoms with Gasteiger partial charge >= 0.3 is 0 Å². The van der Waals surface area contributed by atoms with Gasteiger partial charge in [0.15, 0.2) is 0 Å². The van der Waals surface area contributed by atoms with Crippen molar-refractivity contribution in [3.8, 4) is 0 Å². The van der Waals surface area contributed by atoms with E-state index in [1.165, 1.54) is 5.75 Å². The maximum absolute atomic E-state index is 2.22. The Balaban J connectivity index is 0. The molecule has 0 saturated heterocycles. The van der Waals surface area contributed by atoms with E-state index in [1.807, 2.05) is 25.6 Å². The van der Waals surface area contributed by atoms with E-state index >= 15 is 0 Å². The van der Waals surface area contributed by atoms with Crippen molar-refractivity contribution >= 4 is 11.8 Å². The predicted octanol–water partition coefficient (Wildman–Crippen LogP) is 3.94. The van der Waals surface area contributed by atoms with Gasteiger partial charge in [0, 0.05) is 0 Å². The third-order valence-corrected chi connectivity index (χ3v) is 1.41. The summed E-state index contributed by atoms with van der Waals surface area (Å²) in [6, 6.07) is 0. The molecule has 0 aromatic heterocycles. The fourth-order valence-corrected chi connectivity index (χ4v) is 0.927. The largest absolute Gasteiger partial charge is 0.135 e. The van der Waals surface area contributed by atoms with Crippen LogP contribution in [0.25, 0.3) is 0 Å². The summed E-state index contributed by atoms with van der Waals surface area (Å²) >= 11 is 1.86. The van der Waals surface area contributed by atoms with E-state index in [4.69, 9.17) is 0 Å². The molecule has 0 rings (SSSR count). The molecule has 0 radical (unpaired) electrons. The molecular formula is C9H20S. The molecule has 10 heavy (non-hydrogen) atoms. The van der Waals surface area contributed by atoms with Crippen molar-refractivity contribution in [3.05, 3.63) is 11.5 Å². The van der Waals surface area contributed by atoms with Crippen molar-refractivity contribution in [1.82, 2.24) is 0 Å². The van der Waals surface area contributed by atoms with Crippen molar-refractivity contribution in [1.29, 1.82) is 0 Å². The third kappa shape index (κ3) is 15.7. The summed E-state index contributed by atoms with van der Waals surface area (Å²) < 4.78 is 0. The van der Waals surface area contributed by atoms with Gasteiger partial charge in [-0.05, 0) is 17.1 Å². The minimum absolute atomic E-state index is 0.703. The Morgan fingerprint density at radius 2 is 1.80 bits per heavy atom. The van der Waals surface area contributed by atoms with Crippen molar-refractivity contribution in [2.45, 2.75) is 34.6 Å². The Morgan fingerprint density at radius 3 is 2.10 bits per heavy atom. The smallest absolute Gasteiger partial charge is 0.00546 e. The first-order valence-corrected chi connectivity index (χ1v) is 5.10. The van der Waals surface area contributed by atoms with Gasteiger partial charge in [0.2, 0.25) is 0 Å². The van der Waals surface area contributed by atoms with Crippen LogP contribution in [0.3, 0.4) is 0 Å². The van der Waals surface area contributed by atoms with Crippen LogP contribution in [0, 0.1) is 5.92 Å². The number of thioether (sulfide) groups is 1. The zero-order chi connectivity index (χ0) is 8.41. The lowest BCUT2D eigenvalue weighted by Crippen LogP contribution is -1.74. The van der Waals surface area contributed by atoms with E-state index in [1.54, 1.807) is 0 Å². The van der Waals surface area contributed by atoms with Crippen molar-refractivity contribution in [3.63, 3.8) is 0 Å². The molecule has 0 unspecified atom stereocenters. The van der Waals surface area contributed by atoms with Crippen LogP contribution < -0.4 is 0 Å². The summed E-state index contributed by atoms with van der Waals surface area (Å²) in [7, 11) is 0. The number of hydrogen-bond donors (Lipinski definition) is 0. The van der Waals surface area contributed by atoms with E-state index in [-0.39, 0.29) is 0 Å². The van der Waals surface area contributed by atoms with Gasteiger partial charge in [-0.15, -0.1) is 11.8 Å². The molecule has 0 aromatic carbocycles. The molecule has 0 atom stereocenters. The lowest BCUT2D eigenvalue weighted by atomic mass is 10.2. The maximum Gasteiger partial charge on any atom is -0.00546 e. The third-order valence-electron chi connectivity index (χ3n) is 0.726. The molecule has 0 aromatic rings. The zero-order valence-corrected chi connectivity index (χ0v) is 8.66. The van der Waals surface area contributed by atoms with Gasteiger partial charge in [-0.3, -0.25) is 0 Å². The maximum atomic E-state index is 2.22. The molecule has 0 N–H and O–H groups in total. The average Bonchev–Trinajstić information content (AvgIpc) is 1.92. The number of rotatable bonds is 3. The molecule has 0 amide bonds. The summed E-state index contributed by atoms with van der Waals surface area (Å²) in [5.41, 5.74) is 0. The standard InChI is InChI=1S/C7H14S.C2H6/c1-4-8-6-5-7(2)3;1-2/h5-7H,4H2,1-3H3;1-2H3. The van der Waals surface area contributed by atoms with Crippen molar-refractivity contribution in [2.75, 3.05) is 5.75 Å².